The summed E-state index contributed by atoms with van der Waals surface area (Å²) in [6, 6.07) is 0. The Morgan fingerprint density at radius 2 is 0.586 bits per heavy atom. The van der Waals surface area contributed by atoms with Gasteiger partial charge in [-0.1, -0.05) is 259 Å². The number of carbonyl (C=O) groups excluding carboxylic acids is 3. The quantitative estimate of drug-likeness (QED) is 0.0262. The molecule has 0 aromatic rings. The molecule has 0 aromatic carbocycles. The van der Waals surface area contributed by atoms with Crippen LogP contribution < -0.4 is 0 Å². The van der Waals surface area contributed by atoms with Crippen LogP contribution in [0.4, 0.5) is 0 Å². The van der Waals surface area contributed by atoms with Gasteiger partial charge in [-0.05, 0) is 89.9 Å². The van der Waals surface area contributed by atoms with Crippen LogP contribution >= 0.6 is 0 Å². The molecule has 6 nitrogen and oxygen atoms in total. The van der Waals surface area contributed by atoms with Crippen molar-refractivity contribution in [3.8, 4) is 0 Å². The summed E-state index contributed by atoms with van der Waals surface area (Å²) in [4.78, 5) is 38.2. The highest BCUT2D eigenvalue weighted by Crippen LogP contribution is 2.15. The third-order valence-electron chi connectivity index (χ3n) is 12.3. The van der Waals surface area contributed by atoms with Crippen LogP contribution in [0.2, 0.25) is 0 Å². The Morgan fingerprint density at radius 3 is 0.986 bits per heavy atom. The number of allylic oxidation sites excluding steroid dienone is 16. The molecule has 0 spiro atoms. The van der Waals surface area contributed by atoms with Gasteiger partial charge in [-0.3, -0.25) is 14.4 Å². The molecule has 0 rings (SSSR count). The summed E-state index contributed by atoms with van der Waals surface area (Å²) in [5.74, 6) is -0.987. The lowest BCUT2D eigenvalue weighted by Gasteiger charge is -2.18. The zero-order valence-corrected chi connectivity index (χ0v) is 45.8. The van der Waals surface area contributed by atoms with Crippen molar-refractivity contribution in [1.82, 2.24) is 0 Å². The van der Waals surface area contributed by atoms with Crippen LogP contribution in [-0.4, -0.2) is 37.2 Å². The Morgan fingerprint density at radius 1 is 0.300 bits per heavy atom. The number of hydrogen-bond acceptors (Lipinski definition) is 6. The summed E-state index contributed by atoms with van der Waals surface area (Å²) >= 11 is 0. The smallest absolute Gasteiger partial charge is 0.306 e. The Labute approximate surface area is 432 Å². The molecule has 0 saturated carbocycles. The van der Waals surface area contributed by atoms with E-state index in [1.807, 2.05) is 6.08 Å². The van der Waals surface area contributed by atoms with Crippen LogP contribution in [-0.2, 0) is 28.6 Å². The molecule has 0 aliphatic rings. The van der Waals surface area contributed by atoms with Gasteiger partial charge < -0.3 is 14.2 Å². The lowest BCUT2D eigenvalue weighted by molar-refractivity contribution is -0.166. The molecule has 1 atom stereocenters. The fourth-order valence-electron chi connectivity index (χ4n) is 7.97. The van der Waals surface area contributed by atoms with Gasteiger partial charge in [0.1, 0.15) is 13.2 Å². The van der Waals surface area contributed by atoms with E-state index >= 15 is 0 Å². The van der Waals surface area contributed by atoms with Crippen molar-refractivity contribution in [3.63, 3.8) is 0 Å². The predicted molar refractivity (Wildman–Crippen MR) is 302 cm³/mol. The normalized spacial score (nSPS) is 12.8. The average molecular weight is 974 g/mol. The summed E-state index contributed by atoms with van der Waals surface area (Å²) in [6.07, 6.45) is 76.9. The first-order valence-electron chi connectivity index (χ1n) is 29.2. The highest BCUT2D eigenvalue weighted by Gasteiger charge is 2.19. The number of ether oxygens (including phenoxy) is 3. The third kappa shape index (κ3) is 55.3. The molecule has 0 heterocycles. The number of esters is 3. The summed E-state index contributed by atoms with van der Waals surface area (Å²) in [5.41, 5.74) is 0. The average Bonchev–Trinajstić information content (AvgIpc) is 3.36. The minimum Gasteiger partial charge on any atom is -0.462 e. The van der Waals surface area contributed by atoms with Crippen LogP contribution in [0.3, 0.4) is 0 Å². The van der Waals surface area contributed by atoms with Gasteiger partial charge in [-0.25, -0.2) is 0 Å². The lowest BCUT2D eigenvalue weighted by atomic mass is 10.0. The van der Waals surface area contributed by atoms with Crippen LogP contribution in [0.5, 0.6) is 0 Å². The third-order valence-corrected chi connectivity index (χ3v) is 12.3. The van der Waals surface area contributed by atoms with Gasteiger partial charge in [0.25, 0.3) is 0 Å². The van der Waals surface area contributed by atoms with Crippen LogP contribution in [0.1, 0.15) is 271 Å². The Kier molecular flexibility index (Phi) is 54.9. The van der Waals surface area contributed by atoms with E-state index in [9.17, 15) is 14.4 Å². The van der Waals surface area contributed by atoms with Crippen molar-refractivity contribution in [1.29, 1.82) is 0 Å². The second-order valence-corrected chi connectivity index (χ2v) is 19.2. The topological polar surface area (TPSA) is 78.9 Å². The Balaban J connectivity index is 4.49. The van der Waals surface area contributed by atoms with Crippen molar-refractivity contribution >= 4 is 17.9 Å². The molecule has 0 aliphatic carbocycles. The largest absolute Gasteiger partial charge is 0.462 e. The van der Waals surface area contributed by atoms with Crippen LogP contribution in [0, 0.1) is 0 Å². The molecule has 0 bridgehead atoms. The van der Waals surface area contributed by atoms with Crippen LogP contribution in [0.25, 0.3) is 0 Å². The highest BCUT2D eigenvalue weighted by molar-refractivity contribution is 5.71. The van der Waals surface area contributed by atoms with E-state index in [1.54, 1.807) is 0 Å². The first kappa shape index (κ1) is 66.3. The molecular formula is C64H108O6. The zero-order valence-electron chi connectivity index (χ0n) is 45.8. The fraction of sp³-hybridized carbons (Fsp3) is 0.703. The van der Waals surface area contributed by atoms with Crippen molar-refractivity contribution in [2.45, 2.75) is 277 Å². The van der Waals surface area contributed by atoms with Crippen LogP contribution in [0.15, 0.2) is 97.2 Å². The molecule has 0 fully saturated rings. The van der Waals surface area contributed by atoms with Crippen molar-refractivity contribution in [2.75, 3.05) is 13.2 Å². The summed E-state index contributed by atoms with van der Waals surface area (Å²) in [7, 11) is 0. The van der Waals surface area contributed by atoms with Crippen molar-refractivity contribution in [2.24, 2.45) is 0 Å². The zero-order chi connectivity index (χ0) is 50.7. The molecule has 0 radical (unpaired) electrons. The molecule has 400 valence electrons. The SMILES string of the molecule is CC/C=C\C/C=C\C/C=C\C/C=C\C/C=C\C/C=C\CCC(=O)OC[C@@H](COC(=O)CCCCCCCCCCCCCCCC)OC(=O)CCCCCCCCCCC/C=C\C/C=C\CCCCC. The molecule has 0 aliphatic heterocycles. The molecule has 0 N–H and O–H groups in total. The van der Waals surface area contributed by atoms with Gasteiger partial charge >= 0.3 is 17.9 Å². The number of hydrogen-bond donors (Lipinski definition) is 0. The highest BCUT2D eigenvalue weighted by atomic mass is 16.6. The van der Waals surface area contributed by atoms with Gasteiger partial charge in [0, 0.05) is 19.3 Å². The number of unbranched alkanes of at least 4 members (excludes halogenated alkanes) is 25. The first-order valence-corrected chi connectivity index (χ1v) is 29.2. The minimum absolute atomic E-state index is 0.101. The Bertz CT molecular complexity index is 1400. The van der Waals surface area contributed by atoms with E-state index in [0.29, 0.717) is 19.3 Å². The number of rotatable bonds is 52. The van der Waals surface area contributed by atoms with E-state index in [-0.39, 0.29) is 37.5 Å². The van der Waals surface area contributed by atoms with E-state index in [4.69, 9.17) is 14.2 Å². The molecule has 0 amide bonds. The first-order chi connectivity index (χ1) is 34.5. The molecular weight excluding hydrogens is 865 g/mol. The summed E-state index contributed by atoms with van der Waals surface area (Å²) < 4.78 is 16.8. The minimum atomic E-state index is -0.810. The van der Waals surface area contributed by atoms with Gasteiger partial charge in [-0.2, -0.15) is 0 Å². The molecule has 6 heteroatoms. The van der Waals surface area contributed by atoms with E-state index in [2.05, 4.69) is 112 Å². The monoisotopic (exact) mass is 973 g/mol. The van der Waals surface area contributed by atoms with Gasteiger partial charge in [-0.15, -0.1) is 0 Å². The molecule has 0 aromatic heterocycles. The fourth-order valence-corrected chi connectivity index (χ4v) is 7.97. The van der Waals surface area contributed by atoms with E-state index in [0.717, 1.165) is 83.5 Å². The maximum absolute atomic E-state index is 12.9. The molecule has 0 saturated heterocycles. The number of carbonyl (C=O) groups is 3. The molecule has 70 heavy (non-hydrogen) atoms. The maximum Gasteiger partial charge on any atom is 0.306 e. The van der Waals surface area contributed by atoms with Crippen molar-refractivity contribution < 1.29 is 28.6 Å². The predicted octanol–water partition coefficient (Wildman–Crippen LogP) is 19.7. The second-order valence-electron chi connectivity index (χ2n) is 19.2. The standard InChI is InChI=1S/C64H108O6/c1-4-7-10-13-16-19-22-25-28-30-32-34-36-39-42-45-48-51-54-57-63(66)69-60-61(59-68-62(65)56-53-50-47-44-41-38-27-24-21-18-15-12-9-6-3)70-64(67)58-55-52-49-46-43-40-37-35-33-31-29-26-23-20-17-14-11-8-5-2/h7,10,16-17,19-20,25-26,28-29,32,34,39,42,48,51,61H,4-6,8-9,11-15,18,21-24,27,30-31,33,35-38,40-41,43-47,49-50,52-60H2,1-3H3/b10-7-,19-16-,20-17-,28-25-,29-26-,34-32-,42-39-,51-48-/t61-/m1/s1. The maximum atomic E-state index is 12.9. The van der Waals surface area contributed by atoms with Gasteiger partial charge in [0.05, 0.1) is 0 Å². The summed E-state index contributed by atoms with van der Waals surface area (Å²) in [5, 5.41) is 0. The second kappa shape index (κ2) is 57.9. The van der Waals surface area contributed by atoms with E-state index < -0.39 is 6.10 Å². The van der Waals surface area contributed by atoms with Gasteiger partial charge in [0.15, 0.2) is 6.10 Å². The van der Waals surface area contributed by atoms with E-state index in [1.165, 1.54) is 141 Å². The molecule has 0 unspecified atom stereocenters. The van der Waals surface area contributed by atoms with Crippen molar-refractivity contribution in [3.05, 3.63) is 97.2 Å². The lowest BCUT2D eigenvalue weighted by Crippen LogP contribution is -2.30. The Hall–Kier alpha value is -3.67. The van der Waals surface area contributed by atoms with Gasteiger partial charge in [0.2, 0.25) is 0 Å². The summed E-state index contributed by atoms with van der Waals surface area (Å²) in [6.45, 7) is 6.45.